The van der Waals surface area contributed by atoms with E-state index in [2.05, 4.69) is 22.9 Å². The molecule has 3 aliphatic carbocycles. The Bertz CT molecular complexity index is 1000. The number of aliphatic hydroxyl groups excluding tert-OH is 1. The number of hydrogen-bond acceptors (Lipinski definition) is 4. The van der Waals surface area contributed by atoms with Crippen molar-refractivity contribution in [1.82, 2.24) is 4.72 Å². The zero-order chi connectivity index (χ0) is 19.5. The summed E-state index contributed by atoms with van der Waals surface area (Å²) in [5.74, 6) is 1.58. The fourth-order valence-corrected chi connectivity index (χ4v) is 8.06. The van der Waals surface area contributed by atoms with Gasteiger partial charge in [0.25, 0.3) is 0 Å². The number of thiophene rings is 1. The van der Waals surface area contributed by atoms with E-state index in [9.17, 15) is 13.5 Å². The molecule has 2 N–H and O–H groups in total. The molecule has 0 saturated heterocycles. The zero-order valence-electron chi connectivity index (χ0n) is 15.5. The van der Waals surface area contributed by atoms with Crippen LogP contribution in [0, 0.1) is 17.8 Å². The number of aliphatic hydroxyl groups is 1. The monoisotopic (exact) mass is 437 g/mol. The van der Waals surface area contributed by atoms with Crippen molar-refractivity contribution in [2.75, 3.05) is 6.61 Å². The van der Waals surface area contributed by atoms with E-state index in [1.54, 1.807) is 12.1 Å². The average molecular weight is 438 g/mol. The predicted octanol–water partition coefficient (Wildman–Crippen LogP) is 3.97. The van der Waals surface area contributed by atoms with Crippen LogP contribution >= 0.6 is 22.9 Å². The number of nitrogens with one attached hydrogen (secondary N) is 1. The molecule has 0 amide bonds. The Morgan fingerprint density at radius 3 is 2.50 bits per heavy atom. The van der Waals surface area contributed by atoms with Crippen molar-refractivity contribution in [2.45, 2.75) is 48.3 Å². The summed E-state index contributed by atoms with van der Waals surface area (Å²) in [5.41, 5.74) is 4.07. The van der Waals surface area contributed by atoms with Gasteiger partial charge in [0.05, 0.1) is 4.34 Å². The van der Waals surface area contributed by atoms with E-state index in [0.717, 1.165) is 43.4 Å². The standard InChI is InChI=1S/C21H24ClNO3S2/c22-19-5-6-20(27-19)28(25,26)23-21-14-3-4-15(21)9-16-8-13(2-1-12(16)7-14)18-10-17(18)11-24/h1-2,5-6,8,14-15,17-18,21,23-24H,3-4,7,9-11H2. The summed E-state index contributed by atoms with van der Waals surface area (Å²) in [6.45, 7) is 0.267. The fourth-order valence-electron chi connectivity index (χ4n) is 5.19. The third-order valence-corrected chi connectivity index (χ3v) is 9.99. The molecule has 28 heavy (non-hydrogen) atoms. The van der Waals surface area contributed by atoms with Crippen LogP contribution in [0.3, 0.4) is 0 Å². The third kappa shape index (κ3) is 3.43. The molecule has 2 aromatic rings. The van der Waals surface area contributed by atoms with Crippen LogP contribution in [0.2, 0.25) is 4.34 Å². The van der Waals surface area contributed by atoms with Crippen LogP contribution in [0.25, 0.3) is 0 Å². The van der Waals surface area contributed by atoms with E-state index < -0.39 is 10.0 Å². The second-order valence-corrected chi connectivity index (χ2v) is 12.2. The van der Waals surface area contributed by atoms with Gasteiger partial charge in [-0.15, -0.1) is 11.3 Å². The van der Waals surface area contributed by atoms with Crippen LogP contribution in [0.5, 0.6) is 0 Å². The molecule has 1 aromatic heterocycles. The average Bonchev–Trinajstić information content (AvgIpc) is 3.22. The summed E-state index contributed by atoms with van der Waals surface area (Å²) in [6, 6.07) is 9.97. The van der Waals surface area contributed by atoms with E-state index in [1.165, 1.54) is 16.7 Å². The number of sulfonamides is 1. The maximum atomic E-state index is 12.9. The minimum Gasteiger partial charge on any atom is -0.396 e. The minimum absolute atomic E-state index is 0.0205. The van der Waals surface area contributed by atoms with E-state index in [-0.39, 0.29) is 12.6 Å². The molecule has 0 radical (unpaired) electrons. The number of hydrogen-bond donors (Lipinski definition) is 2. The summed E-state index contributed by atoms with van der Waals surface area (Å²) in [6.07, 6.45) is 5.06. The molecule has 2 saturated carbocycles. The molecule has 5 atom stereocenters. The van der Waals surface area contributed by atoms with Crippen molar-refractivity contribution >= 4 is 33.0 Å². The molecule has 3 aliphatic rings. The Morgan fingerprint density at radius 1 is 1.11 bits per heavy atom. The summed E-state index contributed by atoms with van der Waals surface area (Å²) >= 11 is 7.05. The van der Waals surface area contributed by atoms with Gasteiger partial charge >= 0.3 is 0 Å². The first-order chi connectivity index (χ1) is 13.4. The molecular weight excluding hydrogens is 414 g/mol. The maximum absolute atomic E-state index is 12.9. The SMILES string of the molecule is O=S(=O)(NC1C2CCC1Cc1cc(C3CC3CO)ccc1C2)c1ccc(Cl)s1. The lowest BCUT2D eigenvalue weighted by molar-refractivity contribution is 0.274. The summed E-state index contributed by atoms with van der Waals surface area (Å²) in [5, 5.41) is 9.37. The van der Waals surface area contributed by atoms with Crippen molar-refractivity contribution in [3.8, 4) is 0 Å². The number of benzene rings is 1. The minimum atomic E-state index is -3.53. The van der Waals surface area contributed by atoms with E-state index in [4.69, 9.17) is 11.6 Å². The van der Waals surface area contributed by atoms with Crippen molar-refractivity contribution in [3.05, 3.63) is 51.4 Å². The summed E-state index contributed by atoms with van der Waals surface area (Å²) < 4.78 is 29.5. The molecule has 0 aliphatic heterocycles. The first-order valence-electron chi connectivity index (χ1n) is 9.95. The Labute approximate surface area is 175 Å². The topological polar surface area (TPSA) is 66.4 Å². The predicted molar refractivity (Wildman–Crippen MR) is 111 cm³/mol. The van der Waals surface area contributed by atoms with Crippen LogP contribution in [-0.2, 0) is 22.9 Å². The highest BCUT2D eigenvalue weighted by Crippen LogP contribution is 2.48. The largest absolute Gasteiger partial charge is 0.396 e. The molecular formula is C21H24ClNO3S2. The highest BCUT2D eigenvalue weighted by Gasteiger charge is 2.42. The molecule has 1 heterocycles. The van der Waals surface area contributed by atoms with Gasteiger partial charge in [-0.1, -0.05) is 29.8 Å². The second kappa shape index (κ2) is 7.10. The van der Waals surface area contributed by atoms with Crippen molar-refractivity contribution < 1.29 is 13.5 Å². The summed E-state index contributed by atoms with van der Waals surface area (Å²) in [7, 11) is -3.53. The maximum Gasteiger partial charge on any atom is 0.250 e. The van der Waals surface area contributed by atoms with Gasteiger partial charge in [-0.25, -0.2) is 13.1 Å². The van der Waals surface area contributed by atoms with E-state index in [1.807, 2.05) is 0 Å². The molecule has 1 aromatic carbocycles. The first-order valence-corrected chi connectivity index (χ1v) is 12.6. The van der Waals surface area contributed by atoms with Crippen molar-refractivity contribution in [1.29, 1.82) is 0 Å². The fraction of sp³-hybridized carbons (Fsp3) is 0.524. The molecule has 7 heteroatoms. The highest BCUT2D eigenvalue weighted by molar-refractivity contribution is 7.91. The van der Waals surface area contributed by atoms with Crippen LogP contribution < -0.4 is 4.72 Å². The van der Waals surface area contributed by atoms with Gasteiger partial charge in [0.2, 0.25) is 10.0 Å². The van der Waals surface area contributed by atoms with Gasteiger partial charge in [-0.2, -0.15) is 0 Å². The molecule has 4 nitrogen and oxygen atoms in total. The van der Waals surface area contributed by atoms with Gasteiger partial charge in [0, 0.05) is 12.6 Å². The molecule has 0 spiro atoms. The van der Waals surface area contributed by atoms with E-state index >= 15 is 0 Å². The lowest BCUT2D eigenvalue weighted by atomic mass is 9.91. The Balaban J connectivity index is 1.38. The van der Waals surface area contributed by atoms with Crippen LogP contribution in [-0.4, -0.2) is 26.2 Å². The van der Waals surface area contributed by atoms with Gasteiger partial charge in [-0.05, 0) is 84.6 Å². The van der Waals surface area contributed by atoms with Gasteiger partial charge in [0.1, 0.15) is 4.21 Å². The van der Waals surface area contributed by atoms with Crippen LogP contribution in [0.15, 0.2) is 34.5 Å². The van der Waals surface area contributed by atoms with Crippen molar-refractivity contribution in [3.63, 3.8) is 0 Å². The normalized spacial score (nSPS) is 31.4. The Hall–Kier alpha value is -0.920. The lowest BCUT2D eigenvalue weighted by Crippen LogP contribution is -2.41. The van der Waals surface area contributed by atoms with Gasteiger partial charge < -0.3 is 5.11 Å². The second-order valence-electron chi connectivity index (χ2n) is 8.52. The molecule has 2 fully saturated rings. The van der Waals surface area contributed by atoms with Gasteiger partial charge in [0.15, 0.2) is 0 Å². The first kappa shape index (κ1) is 19.1. The Morgan fingerprint density at radius 2 is 1.86 bits per heavy atom. The molecule has 5 rings (SSSR count). The van der Waals surface area contributed by atoms with Crippen LogP contribution in [0.4, 0.5) is 0 Å². The van der Waals surface area contributed by atoms with Crippen molar-refractivity contribution in [2.24, 2.45) is 17.8 Å². The Kier molecular flexibility index (Phi) is 4.83. The van der Waals surface area contributed by atoms with E-state index in [0.29, 0.717) is 32.2 Å². The number of rotatable bonds is 5. The smallest absolute Gasteiger partial charge is 0.250 e. The molecule has 2 bridgehead atoms. The van der Waals surface area contributed by atoms with Crippen LogP contribution in [0.1, 0.15) is 41.9 Å². The quantitative estimate of drug-likeness (QED) is 0.743. The summed E-state index contributed by atoms with van der Waals surface area (Å²) in [4.78, 5) is 0. The zero-order valence-corrected chi connectivity index (χ0v) is 17.9. The molecule has 5 unspecified atom stereocenters. The lowest BCUT2D eigenvalue weighted by Gasteiger charge is -2.23. The molecule has 150 valence electrons. The number of fused-ring (bicyclic) bond motifs is 3. The number of halogens is 1. The highest BCUT2D eigenvalue weighted by atomic mass is 35.5. The van der Waals surface area contributed by atoms with Gasteiger partial charge in [-0.3, -0.25) is 0 Å². The third-order valence-electron chi connectivity index (χ3n) is 6.81.